The fourth-order valence-electron chi connectivity index (χ4n) is 6.20. The Kier molecular flexibility index (Phi) is 9.26. The van der Waals surface area contributed by atoms with E-state index >= 15 is 0 Å². The average Bonchev–Trinajstić information content (AvgIpc) is 3.66. The second kappa shape index (κ2) is 12.5. The molecule has 9 nitrogen and oxygen atoms in total. The van der Waals surface area contributed by atoms with E-state index in [-0.39, 0.29) is 28.0 Å². The zero-order valence-electron chi connectivity index (χ0n) is 25.4. The van der Waals surface area contributed by atoms with Crippen molar-refractivity contribution in [1.82, 2.24) is 15.1 Å². The number of carbonyl (C=O) groups is 3. The van der Waals surface area contributed by atoms with E-state index in [1.807, 2.05) is 43.9 Å². The molecule has 2 fully saturated rings. The van der Waals surface area contributed by atoms with Crippen LogP contribution in [-0.4, -0.2) is 69.0 Å². The summed E-state index contributed by atoms with van der Waals surface area (Å²) in [5.41, 5.74) is -4.76. The van der Waals surface area contributed by atoms with Crippen molar-refractivity contribution >= 4 is 46.7 Å². The van der Waals surface area contributed by atoms with Gasteiger partial charge in [-0.3, -0.25) is 18.9 Å². The van der Waals surface area contributed by atoms with Gasteiger partial charge in [-0.2, -0.15) is 8.78 Å². The molecular formula is C32H38F2N3O6PS. The maximum absolute atomic E-state index is 14.3. The van der Waals surface area contributed by atoms with E-state index in [1.165, 1.54) is 17.7 Å². The summed E-state index contributed by atoms with van der Waals surface area (Å²) in [6.07, 6.45) is 3.07. The molecule has 3 aromatic rings. The van der Waals surface area contributed by atoms with Crippen LogP contribution in [0.1, 0.15) is 73.2 Å². The van der Waals surface area contributed by atoms with Gasteiger partial charge in [0.2, 0.25) is 11.8 Å². The van der Waals surface area contributed by atoms with Gasteiger partial charge in [0, 0.05) is 35.8 Å². The van der Waals surface area contributed by atoms with Crippen molar-refractivity contribution in [1.29, 1.82) is 0 Å². The van der Waals surface area contributed by atoms with E-state index in [0.29, 0.717) is 37.2 Å². The number of hydrogen-bond acceptors (Lipinski definition) is 5. The molecule has 242 valence electrons. The summed E-state index contributed by atoms with van der Waals surface area (Å²) in [5, 5.41) is 3.05. The molecule has 2 aliphatic rings. The number of thiophene rings is 1. The number of halogens is 2. The summed E-state index contributed by atoms with van der Waals surface area (Å²) in [4.78, 5) is 63.1. The van der Waals surface area contributed by atoms with Crippen molar-refractivity contribution in [2.75, 3.05) is 19.6 Å². The van der Waals surface area contributed by atoms with E-state index in [4.69, 9.17) is 9.79 Å². The maximum atomic E-state index is 14.3. The molecule has 13 heteroatoms. The molecule has 0 saturated carbocycles. The summed E-state index contributed by atoms with van der Waals surface area (Å²) in [5.74, 6) is -0.783. The highest BCUT2D eigenvalue weighted by atomic mass is 32.1. The Morgan fingerprint density at radius 3 is 2.36 bits per heavy atom. The fourth-order valence-corrected chi connectivity index (χ4v) is 7.62. The minimum Gasteiger partial charge on any atom is -0.340 e. The number of benzene rings is 2. The average molecular weight is 662 g/mol. The Morgan fingerprint density at radius 1 is 1.00 bits per heavy atom. The Morgan fingerprint density at radius 2 is 1.69 bits per heavy atom. The van der Waals surface area contributed by atoms with Crippen LogP contribution in [0, 0.1) is 5.41 Å². The zero-order chi connectivity index (χ0) is 32.7. The lowest BCUT2D eigenvalue weighted by Gasteiger charge is -2.38. The fraction of sp³-hybridized carbons (Fsp3) is 0.469. The van der Waals surface area contributed by atoms with Crippen LogP contribution in [0.2, 0.25) is 0 Å². The third-order valence-corrected chi connectivity index (χ3v) is 10.8. The highest BCUT2D eigenvalue weighted by Gasteiger charge is 2.50. The Hall–Kier alpha value is -3.18. The van der Waals surface area contributed by atoms with E-state index in [1.54, 1.807) is 4.90 Å². The van der Waals surface area contributed by atoms with Gasteiger partial charge >= 0.3 is 13.3 Å². The van der Waals surface area contributed by atoms with Crippen LogP contribution in [0.3, 0.4) is 0 Å². The number of amides is 3. The lowest BCUT2D eigenvalue weighted by molar-refractivity contribution is -0.146. The van der Waals surface area contributed by atoms with Crippen molar-refractivity contribution in [2.24, 2.45) is 5.41 Å². The Labute approximate surface area is 264 Å². The first kappa shape index (κ1) is 33.2. The molecule has 2 aromatic carbocycles. The summed E-state index contributed by atoms with van der Waals surface area (Å²) in [6.45, 7) is 7.08. The van der Waals surface area contributed by atoms with Crippen LogP contribution >= 0.6 is 18.9 Å². The molecule has 0 aliphatic carbocycles. The van der Waals surface area contributed by atoms with E-state index in [0.717, 1.165) is 36.3 Å². The van der Waals surface area contributed by atoms with Gasteiger partial charge in [-0.25, -0.2) is 0 Å². The quantitative estimate of drug-likeness (QED) is 0.280. The molecule has 0 spiro atoms. The van der Waals surface area contributed by atoms with Gasteiger partial charge in [-0.05, 0) is 60.2 Å². The van der Waals surface area contributed by atoms with Gasteiger partial charge in [-0.15, -0.1) is 11.3 Å². The zero-order valence-corrected chi connectivity index (χ0v) is 27.1. The second-order valence-corrected chi connectivity index (χ2v) is 15.7. The number of likely N-dealkylation sites (tertiary alicyclic amines) is 2. The molecule has 2 aliphatic heterocycles. The number of fused-ring (bicyclic) bond motifs is 1. The third-order valence-electron chi connectivity index (χ3n) is 8.67. The van der Waals surface area contributed by atoms with Crippen molar-refractivity contribution < 1.29 is 37.5 Å². The molecule has 0 radical (unpaired) electrons. The van der Waals surface area contributed by atoms with Gasteiger partial charge < -0.3 is 24.9 Å². The van der Waals surface area contributed by atoms with Gasteiger partial charge in [0.05, 0.1) is 4.88 Å². The van der Waals surface area contributed by atoms with E-state index in [2.05, 4.69) is 17.4 Å². The summed E-state index contributed by atoms with van der Waals surface area (Å²) >= 11 is 1.01. The normalized spacial score (nSPS) is 20.3. The molecule has 3 N–H and O–H groups in total. The highest BCUT2D eigenvalue weighted by molar-refractivity contribution is 7.52. The first-order valence-electron chi connectivity index (χ1n) is 15.0. The van der Waals surface area contributed by atoms with Crippen LogP contribution < -0.4 is 5.32 Å². The topological polar surface area (TPSA) is 127 Å². The number of hydrogen-bond donors (Lipinski definition) is 3. The summed E-state index contributed by atoms with van der Waals surface area (Å²) in [7, 11) is -5.76. The van der Waals surface area contributed by atoms with Gasteiger partial charge in [-0.1, -0.05) is 57.2 Å². The lowest BCUT2D eigenvalue weighted by Crippen LogP contribution is -2.58. The molecule has 2 saturated heterocycles. The van der Waals surface area contributed by atoms with E-state index in [9.17, 15) is 27.7 Å². The molecule has 5 rings (SSSR count). The monoisotopic (exact) mass is 661 g/mol. The minimum atomic E-state index is -5.76. The SMILES string of the molecule is CC(C)(C)[C@H](NC(=O)c1cc2cc(C(F)(F)P(=O)(O)O)ccc2s1)C(=O)N1CCC[C@H]1C(=O)N1CCC[C@@H](c2ccccc2)C1. The smallest absolute Gasteiger partial charge is 0.340 e. The van der Waals surface area contributed by atoms with Crippen molar-refractivity contribution in [3.05, 3.63) is 70.6 Å². The Bertz CT molecular complexity index is 1640. The molecule has 45 heavy (non-hydrogen) atoms. The molecule has 0 unspecified atom stereocenters. The van der Waals surface area contributed by atoms with Crippen molar-refractivity contribution in [3.8, 4) is 0 Å². The van der Waals surface area contributed by atoms with Gasteiger partial charge in [0.15, 0.2) is 0 Å². The van der Waals surface area contributed by atoms with Crippen LogP contribution in [0.25, 0.3) is 10.1 Å². The van der Waals surface area contributed by atoms with Gasteiger partial charge in [0.25, 0.3) is 5.91 Å². The van der Waals surface area contributed by atoms with E-state index < -0.39 is 42.2 Å². The molecular weight excluding hydrogens is 623 g/mol. The van der Waals surface area contributed by atoms with Crippen LogP contribution in [0.5, 0.6) is 0 Å². The predicted molar refractivity (Wildman–Crippen MR) is 168 cm³/mol. The predicted octanol–water partition coefficient (Wildman–Crippen LogP) is 5.67. The number of nitrogens with zero attached hydrogens (tertiary/aromatic N) is 2. The first-order valence-corrected chi connectivity index (χ1v) is 17.4. The van der Waals surface area contributed by atoms with Crippen molar-refractivity contribution in [2.45, 2.75) is 70.1 Å². The third kappa shape index (κ3) is 6.84. The first-order chi connectivity index (χ1) is 21.1. The number of nitrogens with one attached hydrogen (secondary N) is 1. The largest absolute Gasteiger partial charge is 0.399 e. The highest BCUT2D eigenvalue weighted by Crippen LogP contribution is 2.59. The lowest BCUT2D eigenvalue weighted by atomic mass is 9.85. The van der Waals surface area contributed by atoms with Crippen LogP contribution in [0.15, 0.2) is 54.6 Å². The minimum absolute atomic E-state index is 0.0760. The van der Waals surface area contributed by atoms with Gasteiger partial charge in [0.1, 0.15) is 12.1 Å². The number of rotatable bonds is 7. The molecule has 3 heterocycles. The second-order valence-electron chi connectivity index (χ2n) is 12.9. The molecule has 0 bridgehead atoms. The maximum Gasteiger partial charge on any atom is 0.399 e. The summed E-state index contributed by atoms with van der Waals surface area (Å²) in [6, 6.07) is 13.0. The number of piperidine rings is 1. The van der Waals surface area contributed by atoms with Crippen LogP contribution in [0.4, 0.5) is 8.78 Å². The molecule has 3 amide bonds. The summed E-state index contributed by atoms with van der Waals surface area (Å²) < 4.78 is 40.4. The number of carbonyl (C=O) groups excluding carboxylic acids is 3. The molecule has 1 aromatic heterocycles. The van der Waals surface area contributed by atoms with Crippen molar-refractivity contribution in [3.63, 3.8) is 0 Å². The standard InChI is InChI=1S/C32H38F2N3O6PS/c1-31(2,3)27(35-28(38)26-18-22-17-23(13-14-25(22)45-26)32(33,34)44(41,42)43)30(40)37-16-8-12-24(37)29(39)36-15-7-11-21(19-36)20-9-5-4-6-10-20/h4-6,9-10,13-14,17-18,21,24,27H,7-8,11-12,15-16,19H2,1-3H3,(H,35,38)(H2,41,42,43)/t21-,24+,27-/m1/s1. The van der Waals surface area contributed by atoms with Crippen LogP contribution in [-0.2, 0) is 19.8 Å². The Balaban J connectivity index is 1.32. The number of alkyl halides is 2. The molecule has 3 atom stereocenters.